The quantitative estimate of drug-likeness (QED) is 0.811. The van der Waals surface area contributed by atoms with Crippen LogP contribution in [0.25, 0.3) is 11.1 Å². The molecule has 0 spiro atoms. The molecular formula is C15H9F5O3. The maximum absolute atomic E-state index is 13.1. The molecule has 2 aromatic carbocycles. The molecule has 1 N–H and O–H groups in total. The summed E-state index contributed by atoms with van der Waals surface area (Å²) in [5, 5.41) is 8.83. The first kappa shape index (κ1) is 16.7. The third kappa shape index (κ3) is 4.18. The van der Waals surface area contributed by atoms with Crippen LogP contribution >= 0.6 is 0 Å². The van der Waals surface area contributed by atoms with E-state index in [1.165, 1.54) is 18.2 Å². The van der Waals surface area contributed by atoms with Gasteiger partial charge in [-0.1, -0.05) is 18.2 Å². The molecule has 0 amide bonds. The van der Waals surface area contributed by atoms with Crippen LogP contribution < -0.4 is 4.74 Å². The average molecular weight is 332 g/mol. The highest BCUT2D eigenvalue weighted by atomic mass is 19.4. The summed E-state index contributed by atoms with van der Waals surface area (Å²) in [6, 6.07) is 7.51. The summed E-state index contributed by atoms with van der Waals surface area (Å²) >= 11 is 0. The predicted octanol–water partition coefficient (Wildman–Crippen LogP) is 4.89. The topological polar surface area (TPSA) is 46.5 Å². The van der Waals surface area contributed by atoms with Crippen LogP contribution in [-0.2, 0) is 0 Å². The van der Waals surface area contributed by atoms with Gasteiger partial charge in [0.05, 0.1) is 5.56 Å². The minimum absolute atomic E-state index is 0.0311. The molecule has 0 aliphatic rings. The Bertz CT molecular complexity index is 708. The maximum Gasteiger partial charge on any atom is 0.573 e. The van der Waals surface area contributed by atoms with Crippen LogP contribution in [0.1, 0.15) is 22.3 Å². The molecule has 3 nitrogen and oxygen atoms in total. The molecule has 0 fully saturated rings. The van der Waals surface area contributed by atoms with E-state index in [9.17, 15) is 26.7 Å². The van der Waals surface area contributed by atoms with E-state index in [-0.39, 0.29) is 16.7 Å². The third-order valence-corrected chi connectivity index (χ3v) is 2.93. The predicted molar refractivity (Wildman–Crippen MR) is 70.5 cm³/mol. The first-order valence-electron chi connectivity index (χ1n) is 6.19. The second kappa shape index (κ2) is 6.23. The van der Waals surface area contributed by atoms with E-state index in [0.717, 1.165) is 24.3 Å². The number of hydrogen-bond acceptors (Lipinski definition) is 2. The molecular weight excluding hydrogens is 323 g/mol. The molecule has 0 aliphatic heterocycles. The molecule has 0 aliphatic carbocycles. The standard InChI is InChI=1S/C15H9F5O3/c16-13(17)12-7-9(14(21)22)3-6-11(12)8-1-4-10(5-2-8)23-15(18,19)20/h1-7,13H,(H,21,22). The van der Waals surface area contributed by atoms with Crippen molar-refractivity contribution in [1.29, 1.82) is 0 Å². The summed E-state index contributed by atoms with van der Waals surface area (Å²) in [5.74, 6) is -1.84. The lowest BCUT2D eigenvalue weighted by Crippen LogP contribution is -2.16. The molecule has 0 saturated heterocycles. The molecule has 0 saturated carbocycles. The van der Waals surface area contributed by atoms with Crippen molar-refractivity contribution < 1.29 is 36.6 Å². The molecule has 122 valence electrons. The number of rotatable bonds is 4. The van der Waals surface area contributed by atoms with Gasteiger partial charge in [-0.2, -0.15) is 0 Å². The summed E-state index contributed by atoms with van der Waals surface area (Å²) in [4.78, 5) is 10.8. The molecule has 2 rings (SSSR count). The van der Waals surface area contributed by atoms with Gasteiger partial charge in [0.15, 0.2) is 0 Å². The molecule has 23 heavy (non-hydrogen) atoms. The summed E-state index contributed by atoms with van der Waals surface area (Å²) in [7, 11) is 0. The largest absolute Gasteiger partial charge is 0.573 e. The van der Waals surface area contributed by atoms with Crippen LogP contribution in [0.2, 0.25) is 0 Å². The van der Waals surface area contributed by atoms with Crippen molar-refractivity contribution in [3.8, 4) is 16.9 Å². The number of hydrogen-bond donors (Lipinski definition) is 1. The zero-order chi connectivity index (χ0) is 17.2. The zero-order valence-electron chi connectivity index (χ0n) is 11.3. The number of carboxylic acid groups (broad SMARTS) is 1. The number of benzene rings is 2. The van der Waals surface area contributed by atoms with Gasteiger partial charge in [0, 0.05) is 5.56 Å². The summed E-state index contributed by atoms with van der Waals surface area (Å²) in [6.07, 6.45) is -7.78. The van der Waals surface area contributed by atoms with Gasteiger partial charge in [0.25, 0.3) is 6.43 Å². The molecule has 0 aromatic heterocycles. The normalized spacial score (nSPS) is 11.6. The number of carboxylic acids is 1. The van der Waals surface area contributed by atoms with E-state index in [4.69, 9.17) is 5.11 Å². The highest BCUT2D eigenvalue weighted by Crippen LogP contribution is 2.33. The Morgan fingerprint density at radius 3 is 2.13 bits per heavy atom. The second-order valence-electron chi connectivity index (χ2n) is 4.48. The molecule has 2 aromatic rings. The molecule has 0 heterocycles. The number of carbonyl (C=O) groups is 1. The maximum atomic E-state index is 13.1. The lowest BCUT2D eigenvalue weighted by molar-refractivity contribution is -0.274. The van der Waals surface area contributed by atoms with Gasteiger partial charge < -0.3 is 9.84 Å². The van der Waals surface area contributed by atoms with E-state index in [1.54, 1.807) is 0 Å². The Hall–Kier alpha value is -2.64. The Kier molecular flexibility index (Phi) is 4.53. The van der Waals surface area contributed by atoms with Gasteiger partial charge in [-0.3, -0.25) is 0 Å². The van der Waals surface area contributed by atoms with Gasteiger partial charge in [-0.25, -0.2) is 13.6 Å². The fourth-order valence-corrected chi connectivity index (χ4v) is 1.98. The fourth-order valence-electron chi connectivity index (χ4n) is 1.98. The van der Waals surface area contributed by atoms with Gasteiger partial charge in [0.1, 0.15) is 5.75 Å². The van der Waals surface area contributed by atoms with Gasteiger partial charge >= 0.3 is 12.3 Å². The Morgan fingerprint density at radius 2 is 1.65 bits per heavy atom. The van der Waals surface area contributed by atoms with Crippen molar-refractivity contribution in [2.75, 3.05) is 0 Å². The lowest BCUT2D eigenvalue weighted by Gasteiger charge is -2.12. The Morgan fingerprint density at radius 1 is 1.04 bits per heavy atom. The van der Waals surface area contributed by atoms with Crippen molar-refractivity contribution in [2.24, 2.45) is 0 Å². The van der Waals surface area contributed by atoms with Crippen LogP contribution in [-0.4, -0.2) is 17.4 Å². The summed E-state index contributed by atoms with van der Waals surface area (Å²) < 4.78 is 66.1. The van der Waals surface area contributed by atoms with Gasteiger partial charge in [-0.15, -0.1) is 13.2 Å². The highest BCUT2D eigenvalue weighted by molar-refractivity contribution is 5.89. The average Bonchev–Trinajstić information content (AvgIpc) is 2.45. The lowest BCUT2D eigenvalue weighted by atomic mass is 9.97. The monoisotopic (exact) mass is 332 g/mol. The third-order valence-electron chi connectivity index (χ3n) is 2.93. The first-order valence-corrected chi connectivity index (χ1v) is 6.19. The van der Waals surface area contributed by atoms with Crippen LogP contribution in [0.15, 0.2) is 42.5 Å². The van der Waals surface area contributed by atoms with Crippen molar-refractivity contribution in [2.45, 2.75) is 12.8 Å². The SMILES string of the molecule is O=C(O)c1ccc(-c2ccc(OC(F)(F)F)cc2)c(C(F)F)c1. The Balaban J connectivity index is 2.39. The van der Waals surface area contributed by atoms with Crippen LogP contribution in [0.3, 0.4) is 0 Å². The Labute approximate surface area is 126 Å². The van der Waals surface area contributed by atoms with Crippen LogP contribution in [0.4, 0.5) is 22.0 Å². The highest BCUT2D eigenvalue weighted by Gasteiger charge is 2.31. The fraction of sp³-hybridized carbons (Fsp3) is 0.133. The van der Waals surface area contributed by atoms with Crippen molar-refractivity contribution in [1.82, 2.24) is 0 Å². The second-order valence-corrected chi connectivity index (χ2v) is 4.48. The number of aromatic carboxylic acids is 1. The number of halogens is 5. The summed E-state index contributed by atoms with van der Waals surface area (Å²) in [6.45, 7) is 0. The van der Waals surface area contributed by atoms with Crippen molar-refractivity contribution >= 4 is 5.97 Å². The van der Waals surface area contributed by atoms with E-state index in [1.807, 2.05) is 0 Å². The van der Waals surface area contributed by atoms with E-state index in [2.05, 4.69) is 4.74 Å². The zero-order valence-corrected chi connectivity index (χ0v) is 11.3. The van der Waals surface area contributed by atoms with Crippen LogP contribution in [0.5, 0.6) is 5.75 Å². The molecule has 0 atom stereocenters. The first-order chi connectivity index (χ1) is 10.7. The van der Waals surface area contributed by atoms with Crippen molar-refractivity contribution in [3.63, 3.8) is 0 Å². The van der Waals surface area contributed by atoms with Gasteiger partial charge in [-0.05, 0) is 35.4 Å². The minimum Gasteiger partial charge on any atom is -0.478 e. The molecule has 0 bridgehead atoms. The molecule has 0 radical (unpaired) electrons. The van der Waals surface area contributed by atoms with E-state index < -0.39 is 30.1 Å². The number of ether oxygens (including phenoxy) is 1. The number of alkyl halides is 5. The van der Waals surface area contributed by atoms with E-state index in [0.29, 0.717) is 0 Å². The smallest absolute Gasteiger partial charge is 0.478 e. The summed E-state index contributed by atoms with van der Waals surface area (Å²) in [5.41, 5.74) is -0.578. The van der Waals surface area contributed by atoms with E-state index >= 15 is 0 Å². The molecule has 8 heteroatoms. The van der Waals surface area contributed by atoms with Gasteiger partial charge in [0.2, 0.25) is 0 Å². The van der Waals surface area contributed by atoms with Crippen molar-refractivity contribution in [3.05, 3.63) is 53.6 Å². The molecule has 0 unspecified atom stereocenters. The minimum atomic E-state index is -4.85. The van der Waals surface area contributed by atoms with Crippen LogP contribution in [0, 0.1) is 0 Å².